The van der Waals surface area contributed by atoms with Gasteiger partial charge in [0.1, 0.15) is 0 Å². The number of hydrogen-bond acceptors (Lipinski definition) is 0. The second kappa shape index (κ2) is 11.3. The average Bonchev–Trinajstić information content (AvgIpc) is 2.71. The molecule has 2 aromatic carbocycles. The highest BCUT2D eigenvalue weighted by Gasteiger charge is 2.31. The van der Waals surface area contributed by atoms with Crippen molar-refractivity contribution in [3.8, 4) is 0 Å². The lowest BCUT2D eigenvalue weighted by Gasteiger charge is -2.35. The second-order valence-electron chi connectivity index (χ2n) is 18.8. The predicted octanol–water partition coefficient (Wildman–Crippen LogP) is 12.0. The molecule has 0 saturated carbocycles. The zero-order valence-corrected chi connectivity index (χ0v) is 30.1. The molecule has 0 saturated heterocycles. The second-order valence-corrected chi connectivity index (χ2v) is 18.8. The van der Waals surface area contributed by atoms with E-state index in [1.807, 2.05) is 0 Å². The van der Waals surface area contributed by atoms with Crippen LogP contribution in [-0.2, 0) is 45.3 Å². The Labute approximate surface area is 251 Å². The van der Waals surface area contributed by atoms with Gasteiger partial charge in [0.25, 0.3) is 0 Å². The standard InChI is InChI=1S/C40H66/c1-35(2,3)29-25-33(39(13,14)15)31(37(7,8)9)23-27(29)21-19-20-22-28-24-32(38(10,11)12)34(40(16,17)18)26-30(28)36(4,5)6/h23-26H,19-22H2,1-18H3. The van der Waals surface area contributed by atoms with Gasteiger partial charge in [0.15, 0.2) is 0 Å². The SMILES string of the molecule is CC(C)(C)c1cc(C(C)(C)C)c(C(C)(C)C)cc1CCCCc1cc(C(C)(C)C)c(C(C)(C)C)cc1C(C)(C)C. The zero-order valence-electron chi connectivity index (χ0n) is 30.1. The maximum atomic E-state index is 2.58. The molecule has 0 atom stereocenters. The Bertz CT molecular complexity index is 1060. The van der Waals surface area contributed by atoms with Crippen LogP contribution in [0.2, 0.25) is 0 Å². The summed E-state index contributed by atoms with van der Waals surface area (Å²) in [5.74, 6) is 0. The van der Waals surface area contributed by atoms with Crippen molar-refractivity contribution in [1.29, 1.82) is 0 Å². The summed E-state index contributed by atoms with van der Waals surface area (Å²) in [5, 5.41) is 0. The lowest BCUT2D eigenvalue weighted by molar-refractivity contribution is 0.517. The van der Waals surface area contributed by atoms with Crippen molar-refractivity contribution in [3.05, 3.63) is 68.8 Å². The van der Waals surface area contributed by atoms with Crippen LogP contribution < -0.4 is 0 Å². The van der Waals surface area contributed by atoms with Gasteiger partial charge in [0.05, 0.1) is 0 Å². The Hall–Kier alpha value is -1.56. The van der Waals surface area contributed by atoms with Gasteiger partial charge in [-0.1, -0.05) is 149 Å². The number of rotatable bonds is 5. The molecule has 0 N–H and O–H groups in total. The van der Waals surface area contributed by atoms with Crippen LogP contribution >= 0.6 is 0 Å². The first-order valence-electron chi connectivity index (χ1n) is 16.0. The maximum absolute atomic E-state index is 2.58. The van der Waals surface area contributed by atoms with Crippen molar-refractivity contribution in [2.45, 2.75) is 183 Å². The first-order valence-corrected chi connectivity index (χ1v) is 16.0. The first kappa shape index (κ1) is 34.6. The van der Waals surface area contributed by atoms with E-state index in [0.717, 1.165) is 12.8 Å². The molecule has 0 aliphatic heterocycles. The highest BCUT2D eigenvalue weighted by Crippen LogP contribution is 2.41. The fourth-order valence-corrected chi connectivity index (χ4v) is 6.21. The Morgan fingerprint density at radius 2 is 0.500 bits per heavy atom. The molecule has 226 valence electrons. The van der Waals surface area contributed by atoms with Crippen molar-refractivity contribution in [2.75, 3.05) is 0 Å². The van der Waals surface area contributed by atoms with Gasteiger partial charge in [0, 0.05) is 0 Å². The van der Waals surface area contributed by atoms with Gasteiger partial charge >= 0.3 is 0 Å². The van der Waals surface area contributed by atoms with Crippen LogP contribution in [0.4, 0.5) is 0 Å². The number of hydrogen-bond donors (Lipinski definition) is 0. The number of aryl methyl sites for hydroxylation is 2. The third kappa shape index (κ3) is 8.49. The van der Waals surface area contributed by atoms with Gasteiger partial charge in [-0.2, -0.15) is 0 Å². The lowest BCUT2D eigenvalue weighted by atomic mass is 9.70. The van der Waals surface area contributed by atoms with E-state index < -0.39 is 0 Å². The van der Waals surface area contributed by atoms with Crippen molar-refractivity contribution in [3.63, 3.8) is 0 Å². The van der Waals surface area contributed by atoms with Crippen LogP contribution in [0.3, 0.4) is 0 Å². The first-order chi connectivity index (χ1) is 17.6. The van der Waals surface area contributed by atoms with Gasteiger partial charge < -0.3 is 0 Å². The minimum atomic E-state index is 0.132. The Balaban J connectivity index is 2.49. The predicted molar refractivity (Wildman–Crippen MR) is 182 cm³/mol. The lowest BCUT2D eigenvalue weighted by Crippen LogP contribution is -2.25. The number of unbranched alkanes of at least 4 members (excludes halogenated alkanes) is 1. The van der Waals surface area contributed by atoms with E-state index in [0.29, 0.717) is 0 Å². The van der Waals surface area contributed by atoms with Gasteiger partial charge in [-0.25, -0.2) is 0 Å². The molecule has 0 bridgehead atoms. The normalized spacial score (nSPS) is 14.2. The summed E-state index contributed by atoms with van der Waals surface area (Å²) < 4.78 is 0. The summed E-state index contributed by atoms with van der Waals surface area (Å²) in [6, 6.07) is 10.3. The van der Waals surface area contributed by atoms with Crippen LogP contribution in [0, 0.1) is 0 Å². The minimum absolute atomic E-state index is 0.132. The van der Waals surface area contributed by atoms with Gasteiger partial charge in [0.2, 0.25) is 0 Å². The largest absolute Gasteiger partial charge is 0.0561 e. The molecule has 0 aromatic heterocycles. The number of benzene rings is 2. The molecule has 0 radical (unpaired) electrons. The molecule has 0 aliphatic carbocycles. The smallest absolute Gasteiger partial charge is 0.0129 e. The van der Waals surface area contributed by atoms with E-state index >= 15 is 0 Å². The molecule has 0 unspecified atom stereocenters. The van der Waals surface area contributed by atoms with Gasteiger partial charge in [-0.3, -0.25) is 0 Å². The molecule has 0 amide bonds. The topological polar surface area (TPSA) is 0 Å². The summed E-state index contributed by atoms with van der Waals surface area (Å²) in [6.45, 7) is 42.8. The summed E-state index contributed by atoms with van der Waals surface area (Å²) in [7, 11) is 0. The van der Waals surface area contributed by atoms with Crippen LogP contribution in [-0.4, -0.2) is 0 Å². The fourth-order valence-electron chi connectivity index (χ4n) is 6.21. The molecule has 2 rings (SSSR count). The molecule has 0 fully saturated rings. The van der Waals surface area contributed by atoms with E-state index in [4.69, 9.17) is 0 Å². The van der Waals surface area contributed by atoms with Gasteiger partial charge in [-0.15, -0.1) is 0 Å². The monoisotopic (exact) mass is 547 g/mol. The third-order valence-corrected chi connectivity index (χ3v) is 8.48. The average molecular weight is 547 g/mol. The third-order valence-electron chi connectivity index (χ3n) is 8.48. The van der Waals surface area contributed by atoms with Crippen molar-refractivity contribution >= 4 is 0 Å². The molecule has 0 nitrogen and oxygen atoms in total. The molecular formula is C40H66. The van der Waals surface area contributed by atoms with Crippen LogP contribution in [0.15, 0.2) is 24.3 Å². The van der Waals surface area contributed by atoms with E-state index in [2.05, 4.69) is 149 Å². The zero-order chi connectivity index (χ0) is 31.3. The van der Waals surface area contributed by atoms with Gasteiger partial charge in [-0.05, 0) is 103 Å². The highest BCUT2D eigenvalue weighted by atomic mass is 14.4. The quantitative estimate of drug-likeness (QED) is 0.327. The fraction of sp³-hybridized carbons (Fsp3) is 0.700. The highest BCUT2D eigenvalue weighted by molar-refractivity contribution is 5.49. The summed E-state index contributed by atoms with van der Waals surface area (Å²) >= 11 is 0. The Morgan fingerprint density at radius 3 is 0.700 bits per heavy atom. The summed E-state index contributed by atoms with van der Waals surface area (Å²) in [6.07, 6.45) is 4.74. The van der Waals surface area contributed by atoms with Crippen LogP contribution in [0.1, 0.15) is 182 Å². The Morgan fingerprint density at radius 1 is 0.300 bits per heavy atom. The molecule has 0 heterocycles. The molecule has 2 aromatic rings. The molecule has 40 heavy (non-hydrogen) atoms. The van der Waals surface area contributed by atoms with E-state index in [9.17, 15) is 0 Å². The van der Waals surface area contributed by atoms with E-state index in [-0.39, 0.29) is 32.5 Å². The van der Waals surface area contributed by atoms with E-state index in [1.54, 1.807) is 11.1 Å². The molecule has 0 aliphatic rings. The van der Waals surface area contributed by atoms with Crippen molar-refractivity contribution < 1.29 is 0 Å². The minimum Gasteiger partial charge on any atom is -0.0561 e. The van der Waals surface area contributed by atoms with Crippen LogP contribution in [0.25, 0.3) is 0 Å². The molecule has 0 spiro atoms. The van der Waals surface area contributed by atoms with Crippen LogP contribution in [0.5, 0.6) is 0 Å². The summed E-state index contributed by atoms with van der Waals surface area (Å²) in [5.41, 5.74) is 13.0. The molecular weight excluding hydrogens is 480 g/mol. The van der Waals surface area contributed by atoms with Crippen molar-refractivity contribution in [2.24, 2.45) is 0 Å². The molecule has 0 heteroatoms. The summed E-state index contributed by atoms with van der Waals surface area (Å²) in [4.78, 5) is 0. The Kier molecular flexibility index (Phi) is 9.75. The van der Waals surface area contributed by atoms with Crippen molar-refractivity contribution in [1.82, 2.24) is 0 Å². The van der Waals surface area contributed by atoms with E-state index in [1.165, 1.54) is 46.2 Å². The maximum Gasteiger partial charge on any atom is -0.0129 e.